The van der Waals surface area contributed by atoms with Gasteiger partial charge in [0.25, 0.3) is 0 Å². The molecule has 4 heteroatoms. The number of rotatable bonds is 0. The summed E-state index contributed by atoms with van der Waals surface area (Å²) >= 11 is 0. The number of benzene rings is 1. The van der Waals surface area contributed by atoms with Crippen molar-refractivity contribution in [3.05, 3.63) is 113 Å². The van der Waals surface area contributed by atoms with Crippen molar-refractivity contribution in [2.45, 2.75) is 5.41 Å². The predicted molar refractivity (Wildman–Crippen MR) is 101 cm³/mol. The van der Waals surface area contributed by atoms with Crippen LogP contribution in [0.2, 0.25) is 0 Å². The molecule has 0 aliphatic heterocycles. The third-order valence-electron chi connectivity index (χ3n) is 5.61. The molecule has 3 aromatic heterocycles. The lowest BCUT2D eigenvalue weighted by Crippen LogP contribution is -2.38. The zero-order valence-electron chi connectivity index (χ0n) is 14.3. The second kappa shape index (κ2) is 4.95. The quantitative estimate of drug-likeness (QED) is 0.420. The van der Waals surface area contributed by atoms with E-state index < -0.39 is 5.41 Å². The Hall–Kier alpha value is -3.66. The van der Waals surface area contributed by atoms with Crippen molar-refractivity contribution >= 4 is 5.78 Å². The maximum atomic E-state index is 13.2. The lowest BCUT2D eigenvalue weighted by molar-refractivity contribution is 0.103. The molecule has 1 spiro atoms. The molecule has 0 N–H and O–H groups in total. The second-order valence-corrected chi connectivity index (χ2v) is 6.82. The van der Waals surface area contributed by atoms with Crippen LogP contribution < -0.4 is 0 Å². The van der Waals surface area contributed by atoms with Crippen molar-refractivity contribution in [2.75, 3.05) is 0 Å². The highest BCUT2D eigenvalue weighted by molar-refractivity contribution is 6.14. The Labute approximate surface area is 155 Å². The Kier molecular flexibility index (Phi) is 2.66. The molecule has 0 saturated carbocycles. The highest BCUT2D eigenvalue weighted by Crippen LogP contribution is 2.57. The van der Waals surface area contributed by atoms with E-state index in [9.17, 15) is 4.79 Å². The van der Waals surface area contributed by atoms with E-state index in [1.807, 2.05) is 42.5 Å². The first kappa shape index (κ1) is 14.5. The Morgan fingerprint density at radius 1 is 0.593 bits per heavy atom. The first-order chi connectivity index (χ1) is 13.3. The van der Waals surface area contributed by atoms with Crippen LogP contribution in [0.5, 0.6) is 0 Å². The average molecular weight is 347 g/mol. The van der Waals surface area contributed by atoms with E-state index in [-0.39, 0.29) is 5.78 Å². The van der Waals surface area contributed by atoms with E-state index in [2.05, 4.69) is 23.2 Å². The smallest absolute Gasteiger partial charge is 0.196 e. The molecule has 2 aliphatic carbocycles. The van der Waals surface area contributed by atoms with E-state index in [0.717, 1.165) is 33.8 Å². The van der Waals surface area contributed by atoms with Gasteiger partial charge in [0, 0.05) is 40.8 Å². The zero-order chi connectivity index (χ0) is 18.0. The van der Waals surface area contributed by atoms with Gasteiger partial charge in [-0.25, -0.2) is 0 Å². The minimum Gasteiger partial charge on any atom is -0.288 e. The van der Waals surface area contributed by atoms with Crippen molar-refractivity contribution in [2.24, 2.45) is 0 Å². The second-order valence-electron chi connectivity index (χ2n) is 6.82. The highest BCUT2D eigenvalue weighted by Gasteiger charge is 2.54. The van der Waals surface area contributed by atoms with Gasteiger partial charge in [0.05, 0.1) is 17.1 Å². The molecule has 3 heterocycles. The van der Waals surface area contributed by atoms with Crippen molar-refractivity contribution in [1.29, 1.82) is 0 Å². The van der Waals surface area contributed by atoms with Gasteiger partial charge in [-0.05, 0) is 35.9 Å². The minimum atomic E-state index is -0.721. The van der Waals surface area contributed by atoms with Crippen LogP contribution in [-0.4, -0.2) is 20.7 Å². The van der Waals surface area contributed by atoms with Gasteiger partial charge in [-0.3, -0.25) is 19.7 Å². The molecule has 0 fully saturated rings. The van der Waals surface area contributed by atoms with E-state index in [4.69, 9.17) is 9.97 Å². The topological polar surface area (TPSA) is 55.7 Å². The first-order valence-electron chi connectivity index (χ1n) is 8.84. The van der Waals surface area contributed by atoms with Gasteiger partial charge >= 0.3 is 0 Å². The van der Waals surface area contributed by atoms with Gasteiger partial charge in [-0.1, -0.05) is 30.3 Å². The molecule has 126 valence electrons. The molecule has 4 aromatic rings. The summed E-state index contributed by atoms with van der Waals surface area (Å²) in [4.78, 5) is 27.3. The van der Waals surface area contributed by atoms with Crippen LogP contribution in [0.1, 0.15) is 38.4 Å². The summed E-state index contributed by atoms with van der Waals surface area (Å²) < 4.78 is 0. The molecule has 0 bridgehead atoms. The van der Waals surface area contributed by atoms with E-state index in [0.29, 0.717) is 11.1 Å². The Morgan fingerprint density at radius 3 is 1.89 bits per heavy atom. The van der Waals surface area contributed by atoms with Crippen LogP contribution in [0.15, 0.2) is 79.3 Å². The first-order valence-corrected chi connectivity index (χ1v) is 8.84. The number of pyridine rings is 3. The molecule has 4 nitrogen and oxygen atoms in total. The Bertz CT molecular complexity index is 1160. The minimum absolute atomic E-state index is 0.0263. The summed E-state index contributed by atoms with van der Waals surface area (Å²) in [6.07, 6.45) is 5.30. The van der Waals surface area contributed by atoms with Crippen LogP contribution in [0.25, 0.3) is 11.3 Å². The van der Waals surface area contributed by atoms with E-state index in [1.54, 1.807) is 18.6 Å². The molecule has 2 aliphatic rings. The fourth-order valence-corrected chi connectivity index (χ4v) is 4.63. The molecule has 6 rings (SSSR count). The molecule has 0 unspecified atom stereocenters. The number of ketones is 1. The van der Waals surface area contributed by atoms with Crippen LogP contribution in [-0.2, 0) is 5.41 Å². The fraction of sp³-hybridized carbons (Fsp3) is 0.0435. The molecular formula is C23H13N3O. The zero-order valence-corrected chi connectivity index (χ0v) is 14.3. The van der Waals surface area contributed by atoms with Gasteiger partial charge in [0.1, 0.15) is 5.41 Å². The SMILES string of the molecule is O=C1c2cccnc2C2(c3ccccc3-c3ncccc32)c2ncccc21. The third kappa shape index (κ3) is 1.59. The van der Waals surface area contributed by atoms with Crippen LogP contribution >= 0.6 is 0 Å². The lowest BCUT2D eigenvalue weighted by Gasteiger charge is -2.36. The monoisotopic (exact) mass is 347 g/mol. The van der Waals surface area contributed by atoms with Crippen molar-refractivity contribution in [3.8, 4) is 11.3 Å². The fourth-order valence-electron chi connectivity index (χ4n) is 4.63. The maximum absolute atomic E-state index is 13.2. The predicted octanol–water partition coefficient (Wildman–Crippen LogP) is 3.78. The highest BCUT2D eigenvalue weighted by atomic mass is 16.1. The normalized spacial score (nSPS) is 15.0. The number of nitrogens with zero attached hydrogens (tertiary/aromatic N) is 3. The van der Waals surface area contributed by atoms with Gasteiger partial charge in [0.15, 0.2) is 5.78 Å². The van der Waals surface area contributed by atoms with Crippen LogP contribution in [0.4, 0.5) is 0 Å². The largest absolute Gasteiger partial charge is 0.288 e. The summed E-state index contributed by atoms with van der Waals surface area (Å²) in [5.74, 6) is -0.0263. The van der Waals surface area contributed by atoms with Gasteiger partial charge in [0.2, 0.25) is 0 Å². The summed E-state index contributed by atoms with van der Waals surface area (Å²) in [6.45, 7) is 0. The van der Waals surface area contributed by atoms with Gasteiger partial charge < -0.3 is 0 Å². The van der Waals surface area contributed by atoms with Crippen molar-refractivity contribution < 1.29 is 4.79 Å². The molecule has 0 atom stereocenters. The number of hydrogen-bond donors (Lipinski definition) is 0. The van der Waals surface area contributed by atoms with Crippen molar-refractivity contribution in [1.82, 2.24) is 15.0 Å². The van der Waals surface area contributed by atoms with Crippen LogP contribution in [0.3, 0.4) is 0 Å². The summed E-state index contributed by atoms with van der Waals surface area (Å²) in [6, 6.07) is 19.6. The average Bonchev–Trinajstić information content (AvgIpc) is 3.04. The number of carbonyl (C=O) groups is 1. The standard InChI is InChI=1S/C23H13N3O/c27-20-15-7-3-12-25-21(15)23(22-16(20)8-4-13-26-22)17-9-2-1-6-14(17)19-18(23)10-5-11-24-19/h1-13H. The number of aromatic nitrogens is 3. The molecule has 0 radical (unpaired) electrons. The number of fused-ring (bicyclic) bond motifs is 9. The summed E-state index contributed by atoms with van der Waals surface area (Å²) in [5.41, 5.74) is 6.10. The lowest BCUT2D eigenvalue weighted by atomic mass is 9.66. The van der Waals surface area contributed by atoms with Gasteiger partial charge in [-0.2, -0.15) is 0 Å². The molecule has 0 saturated heterocycles. The van der Waals surface area contributed by atoms with E-state index in [1.165, 1.54) is 0 Å². The summed E-state index contributed by atoms with van der Waals surface area (Å²) in [5, 5.41) is 0. The molecule has 1 aromatic carbocycles. The van der Waals surface area contributed by atoms with Crippen molar-refractivity contribution in [3.63, 3.8) is 0 Å². The number of hydrogen-bond acceptors (Lipinski definition) is 4. The van der Waals surface area contributed by atoms with Gasteiger partial charge in [-0.15, -0.1) is 0 Å². The summed E-state index contributed by atoms with van der Waals surface area (Å²) in [7, 11) is 0. The Morgan fingerprint density at radius 2 is 1.15 bits per heavy atom. The Balaban J connectivity index is 1.89. The molecular weight excluding hydrogens is 334 g/mol. The molecule has 27 heavy (non-hydrogen) atoms. The van der Waals surface area contributed by atoms with E-state index >= 15 is 0 Å². The van der Waals surface area contributed by atoms with Crippen LogP contribution in [0, 0.1) is 0 Å². The third-order valence-corrected chi connectivity index (χ3v) is 5.61. The number of carbonyl (C=O) groups excluding carboxylic acids is 1. The maximum Gasteiger partial charge on any atom is 0.196 e. The molecule has 0 amide bonds.